The minimum atomic E-state index is 0.418. The molecule has 0 aliphatic rings. The quantitative estimate of drug-likeness (QED) is 0.825. The molecule has 1 rings (SSSR count). The third kappa shape index (κ3) is 3.43. The Morgan fingerprint density at radius 1 is 1.62 bits per heavy atom. The summed E-state index contributed by atoms with van der Waals surface area (Å²) in [4.78, 5) is 4.01. The maximum absolute atomic E-state index is 8.65. The molecule has 0 radical (unpaired) electrons. The van der Waals surface area contributed by atoms with Gasteiger partial charge in [0.05, 0.1) is 17.9 Å². The van der Waals surface area contributed by atoms with Crippen molar-refractivity contribution in [2.24, 2.45) is 5.92 Å². The summed E-state index contributed by atoms with van der Waals surface area (Å²) in [5, 5.41) is 8.65. The van der Waals surface area contributed by atoms with Crippen LogP contribution >= 0.6 is 0 Å². The molecule has 1 heterocycles. The van der Waals surface area contributed by atoms with E-state index in [-0.39, 0.29) is 0 Å². The van der Waals surface area contributed by atoms with Gasteiger partial charge in [0.1, 0.15) is 6.07 Å². The fraction of sp³-hybridized carbons (Fsp3) is 0.500. The maximum atomic E-state index is 8.65. The minimum Gasteiger partial charge on any atom is -0.476 e. The molecule has 86 valence electrons. The molecular weight excluding hydrogens is 202 g/mol. The highest BCUT2D eigenvalue weighted by Gasteiger charge is 2.06. The predicted molar refractivity (Wildman–Crippen MR) is 62.9 cm³/mol. The first-order valence-corrected chi connectivity index (χ1v) is 5.45. The summed E-state index contributed by atoms with van der Waals surface area (Å²) in [6.07, 6.45) is 3.73. The molecular formula is C12H17N3O. The molecule has 0 saturated heterocycles. The number of aromatic nitrogens is 1. The number of nitrogen functional groups attached to an aromatic ring is 1. The van der Waals surface area contributed by atoms with Gasteiger partial charge >= 0.3 is 0 Å². The van der Waals surface area contributed by atoms with Crippen LogP contribution in [0, 0.1) is 17.2 Å². The van der Waals surface area contributed by atoms with E-state index >= 15 is 0 Å². The van der Waals surface area contributed by atoms with Gasteiger partial charge in [-0.2, -0.15) is 5.26 Å². The molecule has 1 atom stereocenters. The zero-order chi connectivity index (χ0) is 12.0. The number of anilines is 1. The summed E-state index contributed by atoms with van der Waals surface area (Å²) in [6, 6.07) is 3.56. The summed E-state index contributed by atoms with van der Waals surface area (Å²) in [7, 11) is 0. The highest BCUT2D eigenvalue weighted by atomic mass is 16.5. The molecule has 0 bridgehead atoms. The van der Waals surface area contributed by atoms with Crippen LogP contribution in [0.5, 0.6) is 5.88 Å². The number of hydrogen-bond acceptors (Lipinski definition) is 4. The first kappa shape index (κ1) is 12.3. The number of nitriles is 1. The molecule has 16 heavy (non-hydrogen) atoms. The van der Waals surface area contributed by atoms with E-state index in [1.807, 2.05) is 6.07 Å². The molecule has 0 aliphatic carbocycles. The Morgan fingerprint density at radius 3 is 2.94 bits per heavy atom. The third-order valence-corrected chi connectivity index (χ3v) is 2.29. The van der Waals surface area contributed by atoms with Crippen molar-refractivity contribution in [2.45, 2.75) is 26.7 Å². The second-order valence-electron chi connectivity index (χ2n) is 3.94. The van der Waals surface area contributed by atoms with Gasteiger partial charge in [0.15, 0.2) is 0 Å². The van der Waals surface area contributed by atoms with Crippen molar-refractivity contribution >= 4 is 5.69 Å². The van der Waals surface area contributed by atoms with Gasteiger partial charge in [-0.15, -0.1) is 0 Å². The predicted octanol–water partition coefficient (Wildman–Crippen LogP) is 2.35. The van der Waals surface area contributed by atoms with Crippen molar-refractivity contribution in [2.75, 3.05) is 12.3 Å². The number of ether oxygens (including phenoxy) is 1. The standard InChI is InChI=1S/C12H17N3O/c1-3-4-9(2)8-16-12-11(14)5-10(6-13)7-15-12/h5,7,9H,3-4,8,14H2,1-2H3. The summed E-state index contributed by atoms with van der Waals surface area (Å²) >= 11 is 0. The maximum Gasteiger partial charge on any atom is 0.237 e. The molecule has 0 aliphatic heterocycles. The molecule has 0 amide bonds. The van der Waals surface area contributed by atoms with E-state index in [0.29, 0.717) is 29.7 Å². The molecule has 4 nitrogen and oxygen atoms in total. The van der Waals surface area contributed by atoms with Crippen LogP contribution in [0.15, 0.2) is 12.3 Å². The van der Waals surface area contributed by atoms with Crippen molar-refractivity contribution in [3.05, 3.63) is 17.8 Å². The lowest BCUT2D eigenvalue weighted by molar-refractivity contribution is 0.244. The van der Waals surface area contributed by atoms with Gasteiger partial charge in [-0.05, 0) is 18.4 Å². The molecule has 1 aromatic heterocycles. The van der Waals surface area contributed by atoms with Gasteiger partial charge in [-0.25, -0.2) is 4.98 Å². The number of nitrogens with zero attached hydrogens (tertiary/aromatic N) is 2. The number of rotatable bonds is 5. The Bertz CT molecular complexity index is 384. The van der Waals surface area contributed by atoms with E-state index < -0.39 is 0 Å². The van der Waals surface area contributed by atoms with Crippen LogP contribution in [0.3, 0.4) is 0 Å². The largest absolute Gasteiger partial charge is 0.476 e. The van der Waals surface area contributed by atoms with Gasteiger partial charge in [-0.3, -0.25) is 0 Å². The summed E-state index contributed by atoms with van der Waals surface area (Å²) in [5.41, 5.74) is 6.59. The van der Waals surface area contributed by atoms with Gasteiger partial charge in [0.2, 0.25) is 5.88 Å². The SMILES string of the molecule is CCCC(C)COc1ncc(C#N)cc1N. The fourth-order valence-electron chi connectivity index (χ4n) is 1.45. The molecule has 0 aromatic carbocycles. The van der Waals surface area contributed by atoms with Gasteiger partial charge in [0, 0.05) is 6.20 Å². The second-order valence-corrected chi connectivity index (χ2v) is 3.94. The smallest absolute Gasteiger partial charge is 0.237 e. The molecule has 2 N–H and O–H groups in total. The topological polar surface area (TPSA) is 71.9 Å². The van der Waals surface area contributed by atoms with Crippen LogP contribution in [0.2, 0.25) is 0 Å². The first-order chi connectivity index (χ1) is 7.67. The zero-order valence-electron chi connectivity index (χ0n) is 9.73. The van der Waals surface area contributed by atoms with E-state index in [0.717, 1.165) is 12.8 Å². The first-order valence-electron chi connectivity index (χ1n) is 5.45. The van der Waals surface area contributed by atoms with Gasteiger partial charge < -0.3 is 10.5 Å². The van der Waals surface area contributed by atoms with Crippen LogP contribution in [0.1, 0.15) is 32.3 Å². The highest BCUT2D eigenvalue weighted by molar-refractivity contribution is 5.51. The molecule has 0 saturated carbocycles. The highest BCUT2D eigenvalue weighted by Crippen LogP contribution is 2.19. The lowest BCUT2D eigenvalue weighted by Crippen LogP contribution is -2.10. The van der Waals surface area contributed by atoms with Crippen LogP contribution in [-0.4, -0.2) is 11.6 Å². The van der Waals surface area contributed by atoms with Crippen molar-refractivity contribution in [3.8, 4) is 11.9 Å². The van der Waals surface area contributed by atoms with Gasteiger partial charge in [-0.1, -0.05) is 20.3 Å². The van der Waals surface area contributed by atoms with Crippen LogP contribution in [-0.2, 0) is 0 Å². The van der Waals surface area contributed by atoms with Crippen molar-refractivity contribution in [1.82, 2.24) is 4.98 Å². The van der Waals surface area contributed by atoms with Crippen molar-refractivity contribution in [3.63, 3.8) is 0 Å². The van der Waals surface area contributed by atoms with Crippen LogP contribution in [0.25, 0.3) is 0 Å². The van der Waals surface area contributed by atoms with Crippen molar-refractivity contribution < 1.29 is 4.74 Å². The Labute approximate surface area is 96.1 Å². The Morgan fingerprint density at radius 2 is 2.38 bits per heavy atom. The van der Waals surface area contributed by atoms with Crippen molar-refractivity contribution in [1.29, 1.82) is 5.26 Å². The normalized spacial score (nSPS) is 11.8. The zero-order valence-corrected chi connectivity index (χ0v) is 9.73. The number of nitrogens with two attached hydrogens (primary N) is 1. The Balaban J connectivity index is 2.58. The third-order valence-electron chi connectivity index (χ3n) is 2.29. The van der Waals surface area contributed by atoms with E-state index in [9.17, 15) is 0 Å². The Kier molecular flexibility index (Phi) is 4.59. The molecule has 0 spiro atoms. The monoisotopic (exact) mass is 219 g/mol. The minimum absolute atomic E-state index is 0.418. The fourth-order valence-corrected chi connectivity index (χ4v) is 1.45. The summed E-state index contributed by atoms with van der Waals surface area (Å²) in [5.74, 6) is 0.906. The van der Waals surface area contributed by atoms with E-state index in [4.69, 9.17) is 15.7 Å². The number of hydrogen-bond donors (Lipinski definition) is 1. The van der Waals surface area contributed by atoms with E-state index in [1.54, 1.807) is 6.07 Å². The Hall–Kier alpha value is -1.76. The summed E-state index contributed by atoms with van der Waals surface area (Å²) < 4.78 is 5.51. The second kappa shape index (κ2) is 5.96. The molecule has 0 fully saturated rings. The molecule has 4 heteroatoms. The average molecular weight is 219 g/mol. The average Bonchev–Trinajstić information content (AvgIpc) is 2.27. The van der Waals surface area contributed by atoms with Gasteiger partial charge in [0.25, 0.3) is 0 Å². The van der Waals surface area contributed by atoms with Crippen LogP contribution in [0.4, 0.5) is 5.69 Å². The lowest BCUT2D eigenvalue weighted by atomic mass is 10.1. The summed E-state index contributed by atoms with van der Waals surface area (Å²) in [6.45, 7) is 4.88. The lowest BCUT2D eigenvalue weighted by Gasteiger charge is -2.12. The molecule has 1 aromatic rings. The van der Waals surface area contributed by atoms with E-state index in [2.05, 4.69) is 18.8 Å². The molecule has 1 unspecified atom stereocenters. The van der Waals surface area contributed by atoms with Crippen LogP contribution < -0.4 is 10.5 Å². The van der Waals surface area contributed by atoms with E-state index in [1.165, 1.54) is 6.20 Å². The number of pyridine rings is 1.